The highest BCUT2D eigenvalue weighted by Crippen LogP contribution is 2.42. The van der Waals surface area contributed by atoms with Crippen LogP contribution in [0.2, 0.25) is 0 Å². The molecule has 4 nitrogen and oxygen atoms in total. The summed E-state index contributed by atoms with van der Waals surface area (Å²) in [5, 5.41) is 10.5. The minimum absolute atomic E-state index is 0.315. The molecule has 3 aromatic rings. The van der Waals surface area contributed by atoms with Gasteiger partial charge in [-0.05, 0) is 66.3 Å². The van der Waals surface area contributed by atoms with E-state index in [0.717, 1.165) is 27.9 Å². The lowest BCUT2D eigenvalue weighted by Gasteiger charge is -2.23. The van der Waals surface area contributed by atoms with Gasteiger partial charge in [-0.3, -0.25) is 0 Å². The van der Waals surface area contributed by atoms with Gasteiger partial charge in [0.25, 0.3) is 0 Å². The summed E-state index contributed by atoms with van der Waals surface area (Å²) in [5.41, 5.74) is 4.77. The molecule has 0 aliphatic heterocycles. The van der Waals surface area contributed by atoms with Crippen LogP contribution >= 0.6 is 0 Å². The first-order valence-electron chi connectivity index (χ1n) is 9.20. The van der Waals surface area contributed by atoms with E-state index in [1.807, 2.05) is 18.2 Å². The summed E-state index contributed by atoms with van der Waals surface area (Å²) in [4.78, 5) is 14.9. The van der Waals surface area contributed by atoms with Crippen molar-refractivity contribution < 1.29 is 14.6 Å². The maximum atomic E-state index is 11.4. The molecule has 2 aromatic carbocycles. The van der Waals surface area contributed by atoms with Crippen molar-refractivity contribution in [3.63, 3.8) is 0 Å². The molecule has 0 radical (unpaired) electrons. The zero-order valence-corrected chi connectivity index (χ0v) is 14.9. The summed E-state index contributed by atoms with van der Waals surface area (Å²) < 4.78 is 5.28. The number of benzene rings is 2. The van der Waals surface area contributed by atoms with E-state index in [-0.39, 0.29) is 0 Å². The smallest absolute Gasteiger partial charge is 0.335 e. The van der Waals surface area contributed by atoms with E-state index in [0.29, 0.717) is 11.5 Å². The number of carbonyl (C=O) groups is 1. The standard InChI is InChI=1S/C22H23NO3/c1-26-17-10-7-15(8-11-17)21-20(14-5-3-2-4-6-14)18-12-9-16(22(24)25)13-19(18)23-21/h7-14,23H,2-6H2,1H3,(H,24,25). The second kappa shape index (κ2) is 6.87. The normalized spacial score (nSPS) is 15.3. The Morgan fingerprint density at radius 3 is 2.46 bits per heavy atom. The number of carboxylic acids is 1. The van der Waals surface area contributed by atoms with Gasteiger partial charge in [-0.1, -0.05) is 25.3 Å². The molecule has 2 N–H and O–H groups in total. The number of rotatable bonds is 4. The first-order valence-corrected chi connectivity index (χ1v) is 9.20. The van der Waals surface area contributed by atoms with E-state index >= 15 is 0 Å². The monoisotopic (exact) mass is 349 g/mol. The number of hydrogen-bond donors (Lipinski definition) is 2. The number of aromatic nitrogens is 1. The Hall–Kier alpha value is -2.75. The Bertz CT molecular complexity index is 934. The van der Waals surface area contributed by atoms with Crippen molar-refractivity contribution in [1.29, 1.82) is 0 Å². The predicted octanol–water partition coefficient (Wildman–Crippen LogP) is 5.59. The molecule has 4 rings (SSSR count). The van der Waals surface area contributed by atoms with Crippen LogP contribution in [-0.2, 0) is 0 Å². The number of H-pyrrole nitrogens is 1. The summed E-state index contributed by atoms with van der Waals surface area (Å²) >= 11 is 0. The number of nitrogens with one attached hydrogen (secondary N) is 1. The lowest BCUT2D eigenvalue weighted by Crippen LogP contribution is -2.05. The lowest BCUT2D eigenvalue weighted by atomic mass is 9.82. The van der Waals surface area contributed by atoms with Gasteiger partial charge in [0.05, 0.1) is 12.7 Å². The van der Waals surface area contributed by atoms with Crippen molar-refractivity contribution in [3.05, 3.63) is 53.6 Å². The molecule has 0 amide bonds. The third-order valence-electron chi connectivity index (χ3n) is 5.48. The van der Waals surface area contributed by atoms with Crippen molar-refractivity contribution in [2.75, 3.05) is 7.11 Å². The van der Waals surface area contributed by atoms with Gasteiger partial charge in [0, 0.05) is 16.6 Å². The van der Waals surface area contributed by atoms with Crippen LogP contribution in [-0.4, -0.2) is 23.2 Å². The van der Waals surface area contributed by atoms with E-state index < -0.39 is 5.97 Å². The number of carboxylic acid groups (broad SMARTS) is 1. The van der Waals surface area contributed by atoms with Gasteiger partial charge in [0.15, 0.2) is 0 Å². The van der Waals surface area contributed by atoms with Gasteiger partial charge >= 0.3 is 5.97 Å². The fourth-order valence-electron chi connectivity index (χ4n) is 4.15. The Morgan fingerprint density at radius 2 is 1.81 bits per heavy atom. The van der Waals surface area contributed by atoms with Gasteiger partial charge in [-0.2, -0.15) is 0 Å². The second-order valence-corrected chi connectivity index (χ2v) is 7.04. The molecule has 1 aliphatic rings. The molecule has 0 spiro atoms. The van der Waals surface area contributed by atoms with Crippen molar-refractivity contribution in [1.82, 2.24) is 4.98 Å². The molecule has 1 fully saturated rings. The van der Waals surface area contributed by atoms with Crippen molar-refractivity contribution >= 4 is 16.9 Å². The SMILES string of the molecule is COc1ccc(-c2[nH]c3cc(C(=O)O)ccc3c2C2CCCCC2)cc1. The van der Waals surface area contributed by atoms with Crippen LogP contribution < -0.4 is 4.74 Å². The zero-order valence-electron chi connectivity index (χ0n) is 14.9. The van der Waals surface area contributed by atoms with Crippen LogP contribution in [0, 0.1) is 0 Å². The van der Waals surface area contributed by atoms with Gasteiger partial charge in [0.1, 0.15) is 5.75 Å². The molecule has 134 valence electrons. The predicted molar refractivity (Wildman–Crippen MR) is 103 cm³/mol. The largest absolute Gasteiger partial charge is 0.497 e. The maximum Gasteiger partial charge on any atom is 0.335 e. The van der Waals surface area contributed by atoms with Crippen LogP contribution in [0.15, 0.2) is 42.5 Å². The van der Waals surface area contributed by atoms with Gasteiger partial charge in [-0.15, -0.1) is 0 Å². The van der Waals surface area contributed by atoms with E-state index in [2.05, 4.69) is 17.1 Å². The van der Waals surface area contributed by atoms with Crippen molar-refractivity contribution in [2.24, 2.45) is 0 Å². The fourth-order valence-corrected chi connectivity index (χ4v) is 4.15. The first kappa shape index (κ1) is 16.7. The summed E-state index contributed by atoms with van der Waals surface area (Å²) in [6.45, 7) is 0. The molecule has 1 heterocycles. The number of methoxy groups -OCH3 is 1. The maximum absolute atomic E-state index is 11.4. The molecule has 1 saturated carbocycles. The van der Waals surface area contributed by atoms with E-state index in [1.54, 1.807) is 19.2 Å². The van der Waals surface area contributed by atoms with Gasteiger partial charge in [0.2, 0.25) is 0 Å². The Labute approximate surface area is 152 Å². The minimum atomic E-state index is -0.897. The minimum Gasteiger partial charge on any atom is -0.497 e. The summed E-state index contributed by atoms with van der Waals surface area (Å²) in [5.74, 6) is 0.453. The Morgan fingerprint density at radius 1 is 1.08 bits per heavy atom. The lowest BCUT2D eigenvalue weighted by molar-refractivity contribution is 0.0697. The highest BCUT2D eigenvalue weighted by molar-refractivity contribution is 5.97. The van der Waals surface area contributed by atoms with E-state index in [1.165, 1.54) is 37.7 Å². The van der Waals surface area contributed by atoms with Gasteiger partial charge in [-0.25, -0.2) is 4.79 Å². The average molecular weight is 349 g/mol. The fraction of sp³-hybridized carbons (Fsp3) is 0.318. The zero-order chi connectivity index (χ0) is 18.1. The van der Waals surface area contributed by atoms with Gasteiger partial charge < -0.3 is 14.8 Å². The average Bonchev–Trinajstić information content (AvgIpc) is 3.07. The summed E-state index contributed by atoms with van der Waals surface area (Å²) in [6.07, 6.45) is 6.20. The highest BCUT2D eigenvalue weighted by atomic mass is 16.5. The van der Waals surface area contributed by atoms with Crippen LogP contribution in [0.25, 0.3) is 22.2 Å². The molecule has 26 heavy (non-hydrogen) atoms. The molecule has 0 unspecified atom stereocenters. The molecule has 0 bridgehead atoms. The molecule has 0 saturated heterocycles. The van der Waals surface area contributed by atoms with E-state index in [9.17, 15) is 9.90 Å². The molecule has 4 heteroatoms. The number of aromatic carboxylic acids is 1. The number of aromatic amines is 1. The Kier molecular flexibility index (Phi) is 4.41. The van der Waals surface area contributed by atoms with Crippen LogP contribution in [0.3, 0.4) is 0 Å². The molecular formula is C22H23NO3. The molecule has 1 aliphatic carbocycles. The van der Waals surface area contributed by atoms with Crippen LogP contribution in [0.5, 0.6) is 5.75 Å². The third-order valence-corrected chi connectivity index (χ3v) is 5.48. The Balaban J connectivity index is 1.89. The topological polar surface area (TPSA) is 62.3 Å². The van der Waals surface area contributed by atoms with Crippen molar-refractivity contribution in [2.45, 2.75) is 38.0 Å². The quantitative estimate of drug-likeness (QED) is 0.645. The van der Waals surface area contributed by atoms with E-state index in [4.69, 9.17) is 4.74 Å². The molecule has 1 aromatic heterocycles. The highest BCUT2D eigenvalue weighted by Gasteiger charge is 2.24. The second-order valence-electron chi connectivity index (χ2n) is 7.04. The summed E-state index contributed by atoms with van der Waals surface area (Å²) in [6, 6.07) is 13.5. The molecular weight excluding hydrogens is 326 g/mol. The van der Waals surface area contributed by atoms with Crippen LogP contribution in [0.1, 0.15) is 53.9 Å². The number of hydrogen-bond acceptors (Lipinski definition) is 2. The van der Waals surface area contributed by atoms with Crippen LogP contribution in [0.4, 0.5) is 0 Å². The summed E-state index contributed by atoms with van der Waals surface area (Å²) in [7, 11) is 1.67. The number of ether oxygens (including phenoxy) is 1. The van der Waals surface area contributed by atoms with Crippen molar-refractivity contribution in [3.8, 4) is 17.0 Å². The first-order chi connectivity index (χ1) is 12.7. The third kappa shape index (κ3) is 2.96. The molecule has 0 atom stereocenters. The number of fused-ring (bicyclic) bond motifs is 1.